The van der Waals surface area contributed by atoms with Crippen LogP contribution < -0.4 is 15.0 Å². The Labute approximate surface area is 169 Å². The normalized spacial score (nSPS) is 16.2. The van der Waals surface area contributed by atoms with E-state index in [0.29, 0.717) is 22.8 Å². The van der Waals surface area contributed by atoms with E-state index in [1.807, 2.05) is 0 Å². The van der Waals surface area contributed by atoms with Crippen molar-refractivity contribution in [2.45, 2.75) is 38.2 Å². The van der Waals surface area contributed by atoms with E-state index < -0.39 is 12.0 Å². The van der Waals surface area contributed by atoms with Crippen molar-refractivity contribution in [2.24, 2.45) is 0 Å². The van der Waals surface area contributed by atoms with Crippen molar-refractivity contribution in [3.05, 3.63) is 45.0 Å². The Hall–Kier alpha value is -2.81. The molecule has 0 bridgehead atoms. The molecule has 1 aliphatic carbocycles. The summed E-state index contributed by atoms with van der Waals surface area (Å²) in [7, 11) is 0. The largest absolute Gasteiger partial charge is 0.454 e. The van der Waals surface area contributed by atoms with Gasteiger partial charge in [-0.2, -0.15) is 0 Å². The summed E-state index contributed by atoms with van der Waals surface area (Å²) < 4.78 is 40.5. The van der Waals surface area contributed by atoms with Crippen LogP contribution in [0.25, 0.3) is 22.3 Å². The van der Waals surface area contributed by atoms with Gasteiger partial charge >= 0.3 is 0 Å². The summed E-state index contributed by atoms with van der Waals surface area (Å²) in [5, 5.41) is -0.106. The van der Waals surface area contributed by atoms with Crippen LogP contribution in [0.2, 0.25) is 0 Å². The Kier molecular flexibility index (Phi) is 4.34. The molecule has 2 aliphatic rings. The number of aromatic amines is 1. The lowest BCUT2D eigenvalue weighted by atomic mass is 10.1. The number of H-pyrrole nitrogens is 1. The number of hydrogen-bond acceptors (Lipinski definition) is 5. The van der Waals surface area contributed by atoms with Crippen molar-refractivity contribution in [3.63, 3.8) is 0 Å². The third-order valence-corrected chi connectivity index (χ3v) is 5.82. The van der Waals surface area contributed by atoms with Gasteiger partial charge in [-0.3, -0.25) is 14.3 Å². The maximum Gasteiger partial charge on any atom is 0.264 e. The minimum absolute atomic E-state index is 0.0341. The zero-order chi connectivity index (χ0) is 20.1. The fraction of sp³-hybridized carbons (Fsp3) is 0.350. The van der Waals surface area contributed by atoms with Gasteiger partial charge in [-0.05, 0) is 49.3 Å². The van der Waals surface area contributed by atoms with Crippen LogP contribution in [0.1, 0.15) is 43.7 Å². The predicted octanol–water partition coefficient (Wildman–Crippen LogP) is 4.90. The quantitative estimate of drug-likeness (QED) is 0.614. The maximum atomic E-state index is 13.9. The summed E-state index contributed by atoms with van der Waals surface area (Å²) in [5.74, 6) is 1.12. The van der Waals surface area contributed by atoms with Crippen LogP contribution in [-0.4, -0.2) is 21.3 Å². The van der Waals surface area contributed by atoms with Gasteiger partial charge in [0.15, 0.2) is 16.3 Å². The molecule has 0 atom stereocenters. The molecule has 1 saturated carbocycles. The minimum Gasteiger partial charge on any atom is -0.454 e. The topological polar surface area (TPSA) is 69.1 Å². The third-order valence-electron chi connectivity index (χ3n) is 5.52. The molecular weight excluding hydrogens is 400 g/mol. The number of benzene rings is 1. The van der Waals surface area contributed by atoms with Gasteiger partial charge in [0.05, 0.1) is 11.1 Å². The fourth-order valence-electron chi connectivity index (χ4n) is 4.15. The van der Waals surface area contributed by atoms with E-state index in [9.17, 15) is 13.6 Å². The van der Waals surface area contributed by atoms with E-state index in [4.69, 9.17) is 21.7 Å². The van der Waals surface area contributed by atoms with Crippen LogP contribution >= 0.6 is 12.2 Å². The summed E-state index contributed by atoms with van der Waals surface area (Å²) in [5.41, 5.74) is 0.140. The molecule has 0 unspecified atom stereocenters. The number of hydrogen-bond donors (Lipinski definition) is 1. The average molecular weight is 417 g/mol. The molecule has 6 nitrogen and oxygen atoms in total. The molecule has 9 heteroatoms. The van der Waals surface area contributed by atoms with E-state index in [-0.39, 0.29) is 34.2 Å². The molecule has 0 saturated heterocycles. The number of fused-ring (bicyclic) bond motifs is 2. The molecule has 29 heavy (non-hydrogen) atoms. The van der Waals surface area contributed by atoms with Gasteiger partial charge in [0.1, 0.15) is 5.65 Å². The summed E-state index contributed by atoms with van der Waals surface area (Å²) in [6, 6.07) is 6.45. The first-order valence-corrected chi connectivity index (χ1v) is 9.81. The van der Waals surface area contributed by atoms with Crippen LogP contribution in [0.3, 0.4) is 0 Å². The third kappa shape index (κ3) is 3.00. The molecule has 0 amide bonds. The highest BCUT2D eigenvalue weighted by molar-refractivity contribution is 7.71. The van der Waals surface area contributed by atoms with Crippen molar-refractivity contribution in [1.82, 2.24) is 14.5 Å². The van der Waals surface area contributed by atoms with Gasteiger partial charge in [0.25, 0.3) is 12.0 Å². The number of aromatic nitrogens is 3. The lowest BCUT2D eigenvalue weighted by Crippen LogP contribution is -2.20. The van der Waals surface area contributed by atoms with Crippen LogP contribution in [-0.2, 0) is 0 Å². The summed E-state index contributed by atoms with van der Waals surface area (Å²) in [4.78, 5) is 19.7. The van der Waals surface area contributed by atoms with E-state index in [1.165, 1.54) is 6.07 Å². The highest BCUT2D eigenvalue weighted by atomic mass is 32.1. The van der Waals surface area contributed by atoms with Gasteiger partial charge in [-0.25, -0.2) is 13.8 Å². The fourth-order valence-corrected chi connectivity index (χ4v) is 4.48. The zero-order valence-electron chi connectivity index (χ0n) is 15.3. The predicted molar refractivity (Wildman–Crippen MR) is 105 cm³/mol. The smallest absolute Gasteiger partial charge is 0.264 e. The highest BCUT2D eigenvalue weighted by Gasteiger charge is 2.25. The molecule has 2 aromatic heterocycles. The van der Waals surface area contributed by atoms with E-state index >= 15 is 0 Å². The Morgan fingerprint density at radius 2 is 1.93 bits per heavy atom. The Bertz CT molecular complexity index is 1230. The second-order valence-corrected chi connectivity index (χ2v) is 7.62. The van der Waals surface area contributed by atoms with Gasteiger partial charge in [0, 0.05) is 17.2 Å². The number of alkyl halides is 2. The van der Waals surface area contributed by atoms with Gasteiger partial charge in [0.2, 0.25) is 6.79 Å². The van der Waals surface area contributed by atoms with E-state index in [2.05, 4.69) is 9.97 Å². The Balaban J connectivity index is 1.81. The van der Waals surface area contributed by atoms with Crippen molar-refractivity contribution >= 4 is 23.3 Å². The standard InChI is InChI=1S/C20H17F2N3O3S/c21-17(22)12-8-13(10-5-6-14-15(7-10)28-9-27-14)23-18-16(12)19(26)24-20(29)25(18)11-3-1-2-4-11/h5-8,11,17H,1-4,9H2,(H,24,26,29). The molecule has 1 aromatic carbocycles. The SMILES string of the molecule is O=c1[nH]c(=S)n(C2CCCC2)c2nc(-c3ccc4c(c3)OCO4)cc(C(F)F)c12. The number of ether oxygens (including phenoxy) is 2. The number of pyridine rings is 1. The second kappa shape index (κ2) is 6.91. The molecule has 3 aromatic rings. The van der Waals surface area contributed by atoms with E-state index in [0.717, 1.165) is 25.7 Å². The van der Waals surface area contributed by atoms with Gasteiger partial charge in [-0.15, -0.1) is 0 Å². The van der Waals surface area contributed by atoms with Crippen molar-refractivity contribution in [2.75, 3.05) is 6.79 Å². The number of nitrogens with one attached hydrogen (secondary N) is 1. The first-order chi connectivity index (χ1) is 14.0. The van der Waals surface area contributed by atoms with Crippen LogP contribution in [0.15, 0.2) is 29.1 Å². The summed E-state index contributed by atoms with van der Waals surface area (Å²) >= 11 is 5.38. The van der Waals surface area contributed by atoms with Gasteiger partial charge in [-0.1, -0.05) is 12.8 Å². The van der Waals surface area contributed by atoms with Crippen molar-refractivity contribution in [3.8, 4) is 22.8 Å². The zero-order valence-corrected chi connectivity index (χ0v) is 16.1. The molecule has 0 spiro atoms. The number of rotatable bonds is 3. The lowest BCUT2D eigenvalue weighted by molar-refractivity contribution is 0.153. The molecular formula is C20H17F2N3O3S. The average Bonchev–Trinajstić information content (AvgIpc) is 3.38. The summed E-state index contributed by atoms with van der Waals surface area (Å²) in [6.45, 7) is 0.114. The number of nitrogens with zero attached hydrogens (tertiary/aromatic N) is 2. The maximum absolute atomic E-state index is 13.9. The summed E-state index contributed by atoms with van der Waals surface area (Å²) in [6.07, 6.45) is 0.959. The highest BCUT2D eigenvalue weighted by Crippen LogP contribution is 2.38. The molecule has 1 fully saturated rings. The van der Waals surface area contributed by atoms with Crippen molar-refractivity contribution < 1.29 is 18.3 Å². The van der Waals surface area contributed by atoms with Crippen LogP contribution in [0, 0.1) is 4.77 Å². The first-order valence-electron chi connectivity index (χ1n) is 9.40. The Morgan fingerprint density at radius 1 is 1.17 bits per heavy atom. The molecule has 1 aliphatic heterocycles. The lowest BCUT2D eigenvalue weighted by Gasteiger charge is -2.19. The molecule has 150 valence electrons. The molecule has 0 radical (unpaired) electrons. The first kappa shape index (κ1) is 18.2. The molecule has 1 N–H and O–H groups in total. The van der Waals surface area contributed by atoms with E-state index in [1.54, 1.807) is 22.8 Å². The van der Waals surface area contributed by atoms with Crippen molar-refractivity contribution in [1.29, 1.82) is 0 Å². The van der Waals surface area contributed by atoms with Gasteiger partial charge < -0.3 is 9.47 Å². The van der Waals surface area contributed by atoms with Crippen LogP contribution in [0.5, 0.6) is 11.5 Å². The number of halogens is 2. The second-order valence-electron chi connectivity index (χ2n) is 7.23. The Morgan fingerprint density at radius 3 is 2.69 bits per heavy atom. The van der Waals surface area contributed by atoms with Crippen LogP contribution in [0.4, 0.5) is 8.78 Å². The monoisotopic (exact) mass is 417 g/mol. The molecule has 3 heterocycles. The minimum atomic E-state index is -2.83. The molecule has 5 rings (SSSR count).